The second-order valence-electron chi connectivity index (χ2n) is 15.8. The van der Waals surface area contributed by atoms with Crippen LogP contribution in [0.15, 0.2) is 113 Å². The molecule has 3 heterocycles. The average Bonchev–Trinajstić information content (AvgIpc) is 3.48. The van der Waals surface area contributed by atoms with Crippen molar-refractivity contribution < 1.29 is 66.3 Å². The fourth-order valence-electron chi connectivity index (χ4n) is 6.16. The predicted molar refractivity (Wildman–Crippen MR) is 233 cm³/mol. The molecule has 0 aliphatic rings. The molecule has 4 aromatic carbocycles. The topological polar surface area (TPSA) is 114 Å². The van der Waals surface area contributed by atoms with Gasteiger partial charge in [-0.3, -0.25) is 9.59 Å². The van der Waals surface area contributed by atoms with Gasteiger partial charge in [0.2, 0.25) is 0 Å². The first-order chi connectivity index (χ1) is 25.8. The van der Waals surface area contributed by atoms with Gasteiger partial charge in [-0.05, 0) is 60.6 Å². The van der Waals surface area contributed by atoms with Crippen LogP contribution in [0.1, 0.15) is 27.7 Å². The zero-order valence-electron chi connectivity index (χ0n) is 33.9. The van der Waals surface area contributed by atoms with E-state index in [0.29, 0.717) is 0 Å². The fourth-order valence-corrected chi connectivity index (χ4v) is 8.51. The number of carbonyl (C=O) groups excluding carboxylic acids is 2. The maximum Gasteiger partial charge on any atom is 0.155 e. The molecule has 0 aliphatic heterocycles. The molecule has 0 amide bonds. The van der Waals surface area contributed by atoms with E-state index in [4.69, 9.17) is 24.6 Å². The minimum atomic E-state index is -1.44. The minimum Gasteiger partial charge on any atom is -0.545 e. The Kier molecular flexibility index (Phi) is 16.1. The van der Waals surface area contributed by atoms with Crippen LogP contribution >= 0.6 is 0 Å². The van der Waals surface area contributed by atoms with Gasteiger partial charge in [0.25, 0.3) is 0 Å². The molecule has 0 bridgehead atoms. The molecule has 0 saturated carbocycles. The number of hydrogen-bond donors (Lipinski definition) is 2. The summed E-state index contributed by atoms with van der Waals surface area (Å²) in [5, 5.41) is 26.4. The number of aliphatic hydroxyl groups excluding tert-OH is 2. The predicted octanol–water partition coefficient (Wildman–Crippen LogP) is 10.8. The first-order valence-electron chi connectivity index (χ1n) is 18.2. The van der Waals surface area contributed by atoms with E-state index in [1.54, 1.807) is 0 Å². The van der Waals surface area contributed by atoms with Crippen molar-refractivity contribution in [2.24, 2.45) is 0 Å². The van der Waals surface area contributed by atoms with Crippen LogP contribution in [0, 0.1) is 12.1 Å². The van der Waals surface area contributed by atoms with Crippen molar-refractivity contribution in [3.63, 3.8) is 0 Å². The molecule has 0 atom stereocenters. The SMILES string of the molecule is CC(=O)/C=C(/C)O.CC(=O)/C=C(/C)O.C[Si](C)(C)c1ccc2cnc(-c3[c-]ccc4c3oc3c(-c5cc6cc([Si](C)(C)C)ccc6cn5)[c-]ccc34)cc2c1.[Pt].[Pt]. The van der Waals surface area contributed by atoms with Crippen LogP contribution in [0.3, 0.4) is 0 Å². The Bertz CT molecular complexity index is 2450. The minimum absolute atomic E-state index is 0. The fraction of sp³-hybridized carbons (Fsp3) is 0.217. The molecule has 7 rings (SSSR count). The van der Waals surface area contributed by atoms with Crippen LogP contribution in [0.25, 0.3) is 66.0 Å². The first kappa shape index (κ1) is 47.1. The van der Waals surface area contributed by atoms with Crippen molar-refractivity contribution in [1.29, 1.82) is 0 Å². The third-order valence-corrected chi connectivity index (χ3v) is 13.0. The van der Waals surface area contributed by atoms with E-state index >= 15 is 0 Å². The van der Waals surface area contributed by atoms with Gasteiger partial charge in [-0.25, -0.2) is 0 Å². The Morgan fingerprint density at radius 3 is 1.25 bits per heavy atom. The monoisotopic (exact) mass is 1150 g/mol. The Labute approximate surface area is 365 Å². The molecular weight excluding hydrogens is 1110 g/mol. The largest absolute Gasteiger partial charge is 0.545 e. The number of fused-ring (bicyclic) bond motifs is 5. The number of rotatable bonds is 6. The number of carbonyl (C=O) groups is 2. The van der Waals surface area contributed by atoms with E-state index in [2.05, 4.69) is 112 Å². The van der Waals surface area contributed by atoms with Crippen LogP contribution in [-0.4, -0.2) is 47.9 Å². The van der Waals surface area contributed by atoms with Gasteiger partial charge in [0, 0.05) is 77.8 Å². The molecule has 7 nitrogen and oxygen atoms in total. The summed E-state index contributed by atoms with van der Waals surface area (Å²) in [5.74, 6) is -0.125. The van der Waals surface area contributed by atoms with Gasteiger partial charge in [0.15, 0.2) is 11.6 Å². The van der Waals surface area contributed by atoms with Gasteiger partial charge in [-0.15, -0.1) is 36.4 Å². The standard InChI is InChI=1S/C36H32N2OSi2.2C5H8O2.2Pt/c1-40(2,3)27-15-13-23-21-37-33(19-25(23)17-27)31-11-7-9-29-30-10-8-12-32(36(30)39-35(29)31)34-20-26-18-28(41(4,5)6)16-14-24(26)22-38-34;2*1-4(6)3-5(2)7;;/h7-10,13-22H,1-6H3;2*3,6H,1-2H3;;/q-2;;;;/b;2*4-3-;;. The molecule has 11 heteroatoms. The smallest absolute Gasteiger partial charge is 0.155 e. The second kappa shape index (κ2) is 19.5. The molecule has 0 fully saturated rings. The molecule has 0 unspecified atom stereocenters. The molecule has 2 N–H and O–H groups in total. The van der Waals surface area contributed by atoms with Crippen LogP contribution in [0.5, 0.6) is 0 Å². The maximum absolute atomic E-state index is 10.0. The van der Waals surface area contributed by atoms with Gasteiger partial charge >= 0.3 is 0 Å². The summed E-state index contributed by atoms with van der Waals surface area (Å²) in [6.07, 6.45) is 6.25. The van der Waals surface area contributed by atoms with Gasteiger partial charge < -0.3 is 24.6 Å². The Morgan fingerprint density at radius 1 is 0.579 bits per heavy atom. The average molecular weight is 1160 g/mol. The number of pyridine rings is 2. The van der Waals surface area contributed by atoms with Crippen molar-refractivity contribution >= 4 is 81.6 Å². The van der Waals surface area contributed by atoms with Crippen molar-refractivity contribution in [3.8, 4) is 22.5 Å². The van der Waals surface area contributed by atoms with E-state index in [9.17, 15) is 9.59 Å². The summed E-state index contributed by atoms with van der Waals surface area (Å²) in [6, 6.07) is 32.9. The summed E-state index contributed by atoms with van der Waals surface area (Å²) in [5.41, 5.74) is 5.05. The van der Waals surface area contributed by atoms with E-state index in [0.717, 1.165) is 55.2 Å². The van der Waals surface area contributed by atoms with Crippen molar-refractivity contribution in [1.82, 2.24) is 9.97 Å². The zero-order valence-corrected chi connectivity index (χ0v) is 40.4. The first-order valence-corrected chi connectivity index (χ1v) is 25.2. The van der Waals surface area contributed by atoms with E-state index < -0.39 is 16.1 Å². The number of nitrogens with zero attached hydrogens (tertiary/aromatic N) is 2. The molecule has 0 saturated heterocycles. The molecule has 57 heavy (non-hydrogen) atoms. The van der Waals surface area contributed by atoms with Gasteiger partial charge in [0.1, 0.15) is 0 Å². The number of aromatic nitrogens is 2. The molecule has 3 aromatic heterocycles. The van der Waals surface area contributed by atoms with Crippen molar-refractivity contribution in [3.05, 3.63) is 121 Å². The third-order valence-electron chi connectivity index (χ3n) is 8.91. The summed E-state index contributed by atoms with van der Waals surface area (Å²) < 4.78 is 6.67. The maximum atomic E-state index is 10.0. The van der Waals surface area contributed by atoms with E-state index in [1.807, 2.05) is 24.5 Å². The quantitative estimate of drug-likeness (QED) is 0.0738. The summed E-state index contributed by atoms with van der Waals surface area (Å²) >= 11 is 0. The molecule has 302 valence electrons. The molecule has 0 aliphatic carbocycles. The van der Waals surface area contributed by atoms with Gasteiger partial charge in [0.05, 0.1) is 27.7 Å². The van der Waals surface area contributed by atoms with E-state index in [-0.39, 0.29) is 65.2 Å². The zero-order chi connectivity index (χ0) is 40.2. The summed E-state index contributed by atoms with van der Waals surface area (Å²) in [4.78, 5) is 29.7. The summed E-state index contributed by atoms with van der Waals surface area (Å²) in [7, 11) is -2.87. The molecular formula is C46H48N2O5Pt2Si2-2. The van der Waals surface area contributed by atoms with Crippen LogP contribution in [0.4, 0.5) is 0 Å². The Balaban J connectivity index is 0.000000469. The Hall–Kier alpha value is -4.27. The molecule has 0 spiro atoms. The van der Waals surface area contributed by atoms with E-state index in [1.165, 1.54) is 61.0 Å². The number of allylic oxidation sites excluding steroid dienone is 4. The number of benzene rings is 4. The van der Waals surface area contributed by atoms with Crippen LogP contribution in [0.2, 0.25) is 39.3 Å². The van der Waals surface area contributed by atoms with Crippen LogP contribution in [-0.2, 0) is 51.7 Å². The second-order valence-corrected chi connectivity index (χ2v) is 26.0. The number of ketones is 2. The molecule has 7 aromatic rings. The van der Waals surface area contributed by atoms with Crippen molar-refractivity contribution in [2.75, 3.05) is 0 Å². The third kappa shape index (κ3) is 11.9. The number of furan rings is 1. The number of aliphatic hydroxyl groups is 2. The normalized spacial score (nSPS) is 11.9. The van der Waals surface area contributed by atoms with Gasteiger partial charge in [-0.2, -0.15) is 0 Å². The Morgan fingerprint density at radius 2 is 0.947 bits per heavy atom. The molecule has 0 radical (unpaired) electrons. The summed E-state index contributed by atoms with van der Waals surface area (Å²) in [6.45, 7) is 20.0. The van der Waals surface area contributed by atoms with Crippen molar-refractivity contribution in [2.45, 2.75) is 67.0 Å². The van der Waals surface area contributed by atoms with Gasteiger partial charge in [-0.1, -0.05) is 120 Å². The van der Waals surface area contributed by atoms with Crippen LogP contribution < -0.4 is 10.4 Å². The number of hydrogen-bond acceptors (Lipinski definition) is 7.